The maximum atomic E-state index is 5.65. The molecular formula is C23H28N4O. The van der Waals surface area contributed by atoms with Crippen LogP contribution in [0, 0.1) is 0 Å². The molecular weight excluding hydrogens is 348 g/mol. The van der Waals surface area contributed by atoms with Crippen LogP contribution in [0.15, 0.2) is 42.7 Å². The van der Waals surface area contributed by atoms with Gasteiger partial charge >= 0.3 is 0 Å². The van der Waals surface area contributed by atoms with Crippen molar-refractivity contribution in [1.82, 2.24) is 14.9 Å². The van der Waals surface area contributed by atoms with E-state index >= 15 is 0 Å². The summed E-state index contributed by atoms with van der Waals surface area (Å²) in [6.45, 7) is 5.08. The number of hydrogen-bond acceptors (Lipinski definition) is 4. The molecule has 2 aliphatic rings. The number of nitrogens with one attached hydrogen (secondary N) is 2. The van der Waals surface area contributed by atoms with Gasteiger partial charge in [0, 0.05) is 47.7 Å². The Morgan fingerprint density at radius 1 is 1.25 bits per heavy atom. The molecule has 0 bridgehead atoms. The Balaban J connectivity index is 1.37. The van der Waals surface area contributed by atoms with E-state index in [1.54, 1.807) is 0 Å². The van der Waals surface area contributed by atoms with E-state index in [1.165, 1.54) is 22.0 Å². The number of aromatic amines is 1. The number of nitrogens with zero attached hydrogens (tertiary/aromatic N) is 2. The summed E-state index contributed by atoms with van der Waals surface area (Å²) in [5.74, 6) is 1.24. The highest BCUT2D eigenvalue weighted by Gasteiger charge is 2.39. The van der Waals surface area contributed by atoms with Crippen LogP contribution in [0.25, 0.3) is 10.9 Å². The number of hydrogen-bond donors (Lipinski definition) is 2. The van der Waals surface area contributed by atoms with Crippen LogP contribution < -0.4 is 10.1 Å². The molecule has 1 saturated heterocycles. The normalized spacial score (nSPS) is 24.4. The smallest absolute Gasteiger partial charge is 0.213 e. The molecule has 0 spiro atoms. The monoisotopic (exact) mass is 376 g/mol. The average molecular weight is 377 g/mol. The SMILES string of the molecule is CC(C)Oc1ccc(NC2C[C@@H]3c4cccc5[nH]cc(c45)C[C@H]3N(C)C2)cn1. The van der Waals surface area contributed by atoms with E-state index in [0.29, 0.717) is 23.9 Å². The van der Waals surface area contributed by atoms with Crippen molar-refractivity contribution in [2.45, 2.75) is 50.8 Å². The van der Waals surface area contributed by atoms with Gasteiger partial charge in [0.25, 0.3) is 0 Å². The fourth-order valence-electron chi connectivity index (χ4n) is 5.06. The maximum absolute atomic E-state index is 5.65. The van der Waals surface area contributed by atoms with Crippen LogP contribution in [-0.2, 0) is 6.42 Å². The van der Waals surface area contributed by atoms with E-state index in [9.17, 15) is 0 Å². The summed E-state index contributed by atoms with van der Waals surface area (Å²) in [5.41, 5.74) is 5.30. The van der Waals surface area contributed by atoms with Crippen LogP contribution in [0.3, 0.4) is 0 Å². The Hall–Kier alpha value is -2.53. The number of pyridine rings is 1. The van der Waals surface area contributed by atoms with Crippen molar-refractivity contribution in [2.75, 3.05) is 18.9 Å². The Labute approximate surface area is 166 Å². The molecule has 1 aliphatic heterocycles. The molecule has 5 nitrogen and oxygen atoms in total. The number of ether oxygens (including phenoxy) is 1. The van der Waals surface area contributed by atoms with Gasteiger partial charge in [0.2, 0.25) is 5.88 Å². The number of likely N-dealkylation sites (N-methyl/N-ethyl adjacent to an activating group) is 1. The lowest BCUT2D eigenvalue weighted by Gasteiger charge is -2.45. The molecule has 1 fully saturated rings. The Bertz CT molecular complexity index is 978. The van der Waals surface area contributed by atoms with Crippen molar-refractivity contribution in [3.05, 3.63) is 53.9 Å². The average Bonchev–Trinajstić information content (AvgIpc) is 3.08. The molecule has 1 aromatic carbocycles. The summed E-state index contributed by atoms with van der Waals surface area (Å²) in [6.07, 6.45) is 6.50. The number of likely N-dealkylation sites (tertiary alicyclic amines) is 1. The highest BCUT2D eigenvalue weighted by atomic mass is 16.5. The highest BCUT2D eigenvalue weighted by Crippen LogP contribution is 2.43. The van der Waals surface area contributed by atoms with Crippen molar-refractivity contribution in [3.8, 4) is 5.88 Å². The van der Waals surface area contributed by atoms with Gasteiger partial charge in [-0.2, -0.15) is 0 Å². The largest absolute Gasteiger partial charge is 0.475 e. The molecule has 5 rings (SSSR count). The number of benzene rings is 1. The zero-order valence-corrected chi connectivity index (χ0v) is 16.8. The molecule has 5 heteroatoms. The Kier molecular flexibility index (Phi) is 4.27. The number of H-pyrrole nitrogens is 1. The molecule has 3 heterocycles. The number of aromatic nitrogens is 2. The van der Waals surface area contributed by atoms with E-state index in [-0.39, 0.29) is 6.10 Å². The summed E-state index contributed by atoms with van der Waals surface area (Å²) in [4.78, 5) is 10.4. The third-order valence-electron chi connectivity index (χ3n) is 6.19. The first-order valence-corrected chi connectivity index (χ1v) is 10.3. The summed E-state index contributed by atoms with van der Waals surface area (Å²) in [6, 6.07) is 11.7. The molecule has 3 atom stereocenters. The molecule has 0 saturated carbocycles. The summed E-state index contributed by atoms with van der Waals surface area (Å²) in [7, 11) is 2.26. The first kappa shape index (κ1) is 17.6. The topological polar surface area (TPSA) is 53.2 Å². The number of piperidine rings is 1. The predicted molar refractivity (Wildman–Crippen MR) is 113 cm³/mol. The number of fused-ring (bicyclic) bond motifs is 2. The third kappa shape index (κ3) is 3.04. The fourth-order valence-corrected chi connectivity index (χ4v) is 5.06. The zero-order chi connectivity index (χ0) is 19.3. The van der Waals surface area contributed by atoms with Gasteiger partial charge in [0.05, 0.1) is 18.0 Å². The summed E-state index contributed by atoms with van der Waals surface area (Å²) in [5, 5.41) is 5.16. The van der Waals surface area contributed by atoms with Crippen molar-refractivity contribution < 1.29 is 4.74 Å². The Morgan fingerprint density at radius 3 is 2.93 bits per heavy atom. The van der Waals surface area contributed by atoms with Crippen LogP contribution in [0.2, 0.25) is 0 Å². The van der Waals surface area contributed by atoms with Gasteiger partial charge in [-0.15, -0.1) is 0 Å². The lowest BCUT2D eigenvalue weighted by molar-refractivity contribution is 0.147. The van der Waals surface area contributed by atoms with Crippen LogP contribution in [0.4, 0.5) is 5.69 Å². The predicted octanol–water partition coefficient (Wildman–Crippen LogP) is 4.17. The van der Waals surface area contributed by atoms with Gasteiger partial charge in [-0.05, 0) is 57.0 Å². The Morgan fingerprint density at radius 2 is 2.14 bits per heavy atom. The minimum Gasteiger partial charge on any atom is -0.475 e. The van der Waals surface area contributed by atoms with Crippen LogP contribution in [-0.4, -0.2) is 46.6 Å². The van der Waals surface area contributed by atoms with E-state index in [1.807, 2.05) is 26.1 Å². The number of rotatable bonds is 4. The molecule has 2 aromatic heterocycles. The third-order valence-corrected chi connectivity index (χ3v) is 6.19. The van der Waals surface area contributed by atoms with Gasteiger partial charge in [-0.3, -0.25) is 0 Å². The van der Waals surface area contributed by atoms with Gasteiger partial charge in [0.1, 0.15) is 0 Å². The second-order valence-corrected chi connectivity index (χ2v) is 8.53. The van der Waals surface area contributed by atoms with Gasteiger partial charge in [-0.25, -0.2) is 4.98 Å². The molecule has 3 aromatic rings. The second-order valence-electron chi connectivity index (χ2n) is 8.53. The van der Waals surface area contributed by atoms with Crippen molar-refractivity contribution in [3.63, 3.8) is 0 Å². The van der Waals surface area contributed by atoms with Crippen LogP contribution in [0.5, 0.6) is 5.88 Å². The summed E-state index contributed by atoms with van der Waals surface area (Å²) >= 11 is 0. The van der Waals surface area contributed by atoms with Gasteiger partial charge in [0.15, 0.2) is 0 Å². The van der Waals surface area contributed by atoms with E-state index in [4.69, 9.17) is 4.74 Å². The molecule has 0 amide bonds. The molecule has 1 unspecified atom stereocenters. The van der Waals surface area contributed by atoms with E-state index in [0.717, 1.165) is 25.1 Å². The molecule has 2 N–H and O–H groups in total. The van der Waals surface area contributed by atoms with Crippen molar-refractivity contribution in [2.24, 2.45) is 0 Å². The van der Waals surface area contributed by atoms with Crippen LogP contribution in [0.1, 0.15) is 37.3 Å². The molecule has 0 radical (unpaired) electrons. The van der Waals surface area contributed by atoms with E-state index < -0.39 is 0 Å². The first-order valence-electron chi connectivity index (χ1n) is 10.3. The quantitative estimate of drug-likeness (QED) is 0.717. The standard InChI is InChI=1S/C23H28N4O/c1-14(2)28-22-8-7-16(12-25-22)26-17-10-19-18-5-4-6-20-23(18)15(11-24-20)9-21(19)27(3)13-17/h4-8,11-12,14,17,19,21,24,26H,9-10,13H2,1-3H3/t17?,19-,21-/m1/s1. The van der Waals surface area contributed by atoms with E-state index in [2.05, 4.69) is 57.7 Å². The van der Waals surface area contributed by atoms with Crippen molar-refractivity contribution in [1.29, 1.82) is 0 Å². The number of anilines is 1. The lowest BCUT2D eigenvalue weighted by atomic mass is 9.74. The maximum Gasteiger partial charge on any atom is 0.213 e. The minimum absolute atomic E-state index is 0.141. The van der Waals surface area contributed by atoms with Gasteiger partial charge < -0.3 is 19.9 Å². The first-order chi connectivity index (χ1) is 13.6. The lowest BCUT2D eigenvalue weighted by Crippen LogP contribution is -2.51. The molecule has 146 valence electrons. The molecule has 28 heavy (non-hydrogen) atoms. The highest BCUT2D eigenvalue weighted by molar-refractivity contribution is 5.88. The zero-order valence-electron chi connectivity index (χ0n) is 16.8. The minimum atomic E-state index is 0.141. The molecule has 1 aliphatic carbocycles. The fraction of sp³-hybridized carbons (Fsp3) is 0.435. The van der Waals surface area contributed by atoms with Gasteiger partial charge in [-0.1, -0.05) is 12.1 Å². The summed E-state index contributed by atoms with van der Waals surface area (Å²) < 4.78 is 5.65. The van der Waals surface area contributed by atoms with Crippen LogP contribution >= 0.6 is 0 Å². The van der Waals surface area contributed by atoms with Crippen molar-refractivity contribution >= 4 is 16.6 Å². The second kappa shape index (κ2) is 6.82.